The quantitative estimate of drug-likeness (QED) is 0.626. The van der Waals surface area contributed by atoms with Crippen molar-refractivity contribution in [1.82, 2.24) is 14.9 Å². The molecule has 0 unspecified atom stereocenters. The van der Waals surface area contributed by atoms with E-state index in [-0.39, 0.29) is 11.7 Å². The molecule has 1 aromatic carbocycles. The fourth-order valence-electron chi connectivity index (χ4n) is 1.95. The third-order valence-corrected chi connectivity index (χ3v) is 3.70. The van der Waals surface area contributed by atoms with E-state index in [4.69, 9.17) is 11.6 Å². The van der Waals surface area contributed by atoms with Crippen molar-refractivity contribution in [2.75, 3.05) is 7.05 Å². The van der Waals surface area contributed by atoms with Crippen LogP contribution in [0.2, 0.25) is 5.02 Å². The maximum Gasteiger partial charge on any atom is 0.269 e. The summed E-state index contributed by atoms with van der Waals surface area (Å²) in [4.78, 5) is 20.7. The van der Waals surface area contributed by atoms with Crippen molar-refractivity contribution in [2.45, 2.75) is 19.5 Å². The Morgan fingerprint density at radius 2 is 2.19 bits per heavy atom. The highest BCUT2D eigenvalue weighted by atomic mass is 35.5. The Morgan fingerprint density at radius 3 is 2.81 bits per heavy atom. The van der Waals surface area contributed by atoms with E-state index >= 15 is 0 Å². The molecular formula is C14H15ClN4O2. The molecular weight excluding hydrogens is 292 g/mol. The summed E-state index contributed by atoms with van der Waals surface area (Å²) in [5.41, 5.74) is 1.58. The average Bonchev–Trinajstić information content (AvgIpc) is 2.49. The van der Waals surface area contributed by atoms with Crippen LogP contribution < -0.4 is 0 Å². The van der Waals surface area contributed by atoms with Gasteiger partial charge in [-0.2, -0.15) is 0 Å². The van der Waals surface area contributed by atoms with Crippen LogP contribution in [0.1, 0.15) is 24.2 Å². The molecule has 0 bridgehead atoms. The van der Waals surface area contributed by atoms with E-state index in [9.17, 15) is 10.1 Å². The van der Waals surface area contributed by atoms with Gasteiger partial charge >= 0.3 is 0 Å². The van der Waals surface area contributed by atoms with Gasteiger partial charge in [-0.25, -0.2) is 0 Å². The fraction of sp³-hybridized carbons (Fsp3) is 0.286. The molecule has 0 radical (unpaired) electrons. The van der Waals surface area contributed by atoms with Crippen LogP contribution in [0.3, 0.4) is 0 Å². The van der Waals surface area contributed by atoms with Crippen molar-refractivity contribution >= 4 is 17.3 Å². The van der Waals surface area contributed by atoms with Crippen molar-refractivity contribution in [2.24, 2.45) is 0 Å². The number of aromatic nitrogens is 2. The van der Waals surface area contributed by atoms with Crippen molar-refractivity contribution < 1.29 is 4.92 Å². The van der Waals surface area contributed by atoms with Crippen LogP contribution >= 0.6 is 11.6 Å². The first-order valence-corrected chi connectivity index (χ1v) is 6.76. The smallest absolute Gasteiger partial charge is 0.269 e. The van der Waals surface area contributed by atoms with Crippen molar-refractivity contribution in [3.05, 3.63) is 63.2 Å². The molecule has 0 spiro atoms. The molecule has 6 nitrogen and oxygen atoms in total. The molecule has 2 rings (SSSR count). The number of hydrogen-bond donors (Lipinski definition) is 0. The van der Waals surface area contributed by atoms with Crippen LogP contribution in [0, 0.1) is 10.1 Å². The Hall–Kier alpha value is -2.05. The van der Waals surface area contributed by atoms with Crippen LogP contribution in [-0.4, -0.2) is 26.8 Å². The van der Waals surface area contributed by atoms with Crippen LogP contribution in [0.15, 0.2) is 36.8 Å². The number of nitro groups is 1. The molecule has 0 N–H and O–H groups in total. The van der Waals surface area contributed by atoms with Crippen molar-refractivity contribution in [1.29, 1.82) is 0 Å². The van der Waals surface area contributed by atoms with Crippen LogP contribution in [-0.2, 0) is 6.54 Å². The van der Waals surface area contributed by atoms with Gasteiger partial charge in [0, 0.05) is 42.3 Å². The van der Waals surface area contributed by atoms with E-state index in [0.29, 0.717) is 17.1 Å². The molecule has 0 fully saturated rings. The lowest BCUT2D eigenvalue weighted by Gasteiger charge is -2.24. The Bertz CT molecular complexity index is 636. The van der Waals surface area contributed by atoms with Crippen molar-refractivity contribution in [3.8, 4) is 0 Å². The van der Waals surface area contributed by atoms with E-state index in [2.05, 4.69) is 9.97 Å². The molecule has 7 heteroatoms. The summed E-state index contributed by atoms with van der Waals surface area (Å²) < 4.78 is 0. The minimum Gasteiger partial charge on any atom is -0.294 e. The molecule has 110 valence electrons. The molecule has 1 atom stereocenters. The van der Waals surface area contributed by atoms with Gasteiger partial charge in [0.1, 0.15) is 0 Å². The number of hydrogen-bond acceptors (Lipinski definition) is 5. The fourth-order valence-corrected chi connectivity index (χ4v) is 2.13. The zero-order valence-electron chi connectivity index (χ0n) is 11.7. The van der Waals surface area contributed by atoms with E-state index < -0.39 is 4.92 Å². The van der Waals surface area contributed by atoms with Crippen molar-refractivity contribution in [3.63, 3.8) is 0 Å². The summed E-state index contributed by atoms with van der Waals surface area (Å²) in [6.45, 7) is 2.48. The van der Waals surface area contributed by atoms with Gasteiger partial charge in [-0.3, -0.25) is 25.0 Å². The summed E-state index contributed by atoms with van der Waals surface area (Å²) in [5.74, 6) is 0. The van der Waals surface area contributed by atoms with Gasteiger partial charge in [-0.05, 0) is 25.6 Å². The number of rotatable bonds is 5. The SMILES string of the molecule is C[C@H](c1cnccn1)N(C)Cc1cc([N+](=O)[O-])ccc1Cl. The van der Waals surface area contributed by atoms with E-state index in [0.717, 1.165) is 5.69 Å². The molecule has 0 aliphatic carbocycles. The molecule has 0 saturated carbocycles. The average molecular weight is 307 g/mol. The number of nitro benzene ring substituents is 1. The summed E-state index contributed by atoms with van der Waals surface area (Å²) in [7, 11) is 1.91. The third kappa shape index (κ3) is 3.74. The van der Waals surface area contributed by atoms with Gasteiger partial charge in [0.15, 0.2) is 0 Å². The minimum atomic E-state index is -0.425. The molecule has 0 aliphatic rings. The first kappa shape index (κ1) is 15.3. The highest BCUT2D eigenvalue weighted by molar-refractivity contribution is 6.31. The summed E-state index contributed by atoms with van der Waals surface area (Å²) in [6.07, 6.45) is 4.96. The summed E-state index contributed by atoms with van der Waals surface area (Å²) in [5, 5.41) is 11.3. The first-order chi connectivity index (χ1) is 9.99. The number of halogens is 1. The number of benzene rings is 1. The number of nitrogens with zero attached hydrogens (tertiary/aromatic N) is 4. The highest BCUT2D eigenvalue weighted by Gasteiger charge is 2.16. The predicted molar refractivity (Wildman–Crippen MR) is 80.0 cm³/mol. The zero-order chi connectivity index (χ0) is 15.4. The van der Waals surface area contributed by atoms with Gasteiger partial charge in [0.2, 0.25) is 0 Å². The Morgan fingerprint density at radius 1 is 1.43 bits per heavy atom. The monoisotopic (exact) mass is 306 g/mol. The number of non-ortho nitro benzene ring substituents is 1. The molecule has 0 amide bonds. The lowest BCUT2D eigenvalue weighted by molar-refractivity contribution is -0.384. The summed E-state index contributed by atoms with van der Waals surface area (Å²) >= 11 is 6.12. The van der Waals surface area contributed by atoms with Gasteiger partial charge in [-0.1, -0.05) is 11.6 Å². The van der Waals surface area contributed by atoms with E-state index in [1.807, 2.05) is 18.9 Å². The molecule has 21 heavy (non-hydrogen) atoms. The normalized spacial score (nSPS) is 12.4. The second-order valence-corrected chi connectivity index (χ2v) is 5.16. The second kappa shape index (κ2) is 6.60. The van der Waals surface area contributed by atoms with E-state index in [1.54, 1.807) is 24.7 Å². The van der Waals surface area contributed by atoms with Gasteiger partial charge < -0.3 is 0 Å². The van der Waals surface area contributed by atoms with Crippen LogP contribution in [0.4, 0.5) is 5.69 Å². The second-order valence-electron chi connectivity index (χ2n) is 4.75. The van der Waals surface area contributed by atoms with Gasteiger partial charge in [-0.15, -0.1) is 0 Å². The third-order valence-electron chi connectivity index (χ3n) is 3.33. The maximum absolute atomic E-state index is 10.8. The molecule has 1 heterocycles. The van der Waals surface area contributed by atoms with Crippen LogP contribution in [0.25, 0.3) is 0 Å². The largest absolute Gasteiger partial charge is 0.294 e. The van der Waals surface area contributed by atoms with E-state index in [1.165, 1.54) is 12.1 Å². The Labute approximate surface area is 127 Å². The standard InChI is InChI=1S/C14H15ClN4O2/c1-10(14-8-16-5-6-17-14)18(2)9-11-7-12(19(20)21)3-4-13(11)15/h3-8,10H,9H2,1-2H3/t10-/m1/s1. The molecule has 0 aliphatic heterocycles. The lowest BCUT2D eigenvalue weighted by Crippen LogP contribution is -2.23. The first-order valence-electron chi connectivity index (χ1n) is 6.38. The van der Waals surface area contributed by atoms with Gasteiger partial charge in [0.05, 0.1) is 16.7 Å². The minimum absolute atomic E-state index is 0.0222. The Kier molecular flexibility index (Phi) is 4.82. The summed E-state index contributed by atoms with van der Waals surface area (Å²) in [6, 6.07) is 4.48. The maximum atomic E-state index is 10.8. The van der Waals surface area contributed by atoms with Crippen LogP contribution in [0.5, 0.6) is 0 Å². The molecule has 0 saturated heterocycles. The Balaban J connectivity index is 2.17. The predicted octanol–water partition coefficient (Wildman–Crippen LogP) is 3.23. The lowest BCUT2D eigenvalue weighted by atomic mass is 10.1. The zero-order valence-corrected chi connectivity index (χ0v) is 12.5. The molecule has 2 aromatic rings. The topological polar surface area (TPSA) is 72.2 Å². The highest BCUT2D eigenvalue weighted by Crippen LogP contribution is 2.25. The van der Waals surface area contributed by atoms with Gasteiger partial charge in [0.25, 0.3) is 5.69 Å². The molecule has 1 aromatic heterocycles.